The maximum absolute atomic E-state index is 10.5. The number of carbonyl (C=O) groups is 1. The van der Waals surface area contributed by atoms with Gasteiger partial charge in [-0.1, -0.05) is 29.8 Å². The van der Waals surface area contributed by atoms with E-state index in [-0.39, 0.29) is 12.2 Å². The van der Waals surface area contributed by atoms with E-state index in [2.05, 4.69) is 9.88 Å². The molecule has 0 spiro atoms. The highest BCUT2D eigenvalue weighted by Crippen LogP contribution is 2.29. The Balaban J connectivity index is 1.64. The number of piperidine rings is 1. The monoisotopic (exact) mass is 372 g/mol. The molecule has 4 nitrogen and oxygen atoms in total. The van der Waals surface area contributed by atoms with Crippen molar-refractivity contribution >= 4 is 17.9 Å². The summed E-state index contributed by atoms with van der Waals surface area (Å²) in [6.45, 7) is 3.02. The molecule has 1 aliphatic heterocycles. The quantitative estimate of drug-likeness (QED) is 0.512. The normalized spacial score (nSPS) is 17.1. The van der Waals surface area contributed by atoms with Gasteiger partial charge in [0.15, 0.2) is 0 Å². The van der Waals surface area contributed by atoms with Gasteiger partial charge in [-0.2, -0.15) is 0 Å². The third-order valence-electron chi connectivity index (χ3n) is 4.79. The van der Waals surface area contributed by atoms with Crippen LogP contribution in [0.2, 0.25) is 5.02 Å². The zero-order valence-electron chi connectivity index (χ0n) is 14.9. The summed E-state index contributed by atoms with van der Waals surface area (Å²) < 4.78 is 6.49. The van der Waals surface area contributed by atoms with Crippen LogP contribution in [0.3, 0.4) is 0 Å². The van der Waals surface area contributed by atoms with Crippen molar-refractivity contribution in [3.05, 3.63) is 64.9 Å². The summed E-state index contributed by atoms with van der Waals surface area (Å²) in [5.41, 5.74) is 1.99. The molecule has 1 atom stereocenters. The van der Waals surface area contributed by atoms with E-state index in [1.807, 2.05) is 42.5 Å². The van der Waals surface area contributed by atoms with Gasteiger partial charge in [0, 0.05) is 30.7 Å². The van der Waals surface area contributed by atoms with Gasteiger partial charge in [0.2, 0.25) is 0 Å². The fourth-order valence-electron chi connectivity index (χ4n) is 3.35. The first kappa shape index (κ1) is 19.0. The Morgan fingerprint density at radius 2 is 1.96 bits per heavy atom. The summed E-state index contributed by atoms with van der Waals surface area (Å²) >= 11 is 6.04. The molecule has 26 heavy (non-hydrogen) atoms. The van der Waals surface area contributed by atoms with Gasteiger partial charge in [0.05, 0.1) is 11.8 Å². The number of hydrogen-bond donors (Lipinski definition) is 0. The Morgan fingerprint density at radius 1 is 1.19 bits per heavy atom. The maximum Gasteiger partial charge on any atom is 0.125 e. The fourth-order valence-corrected chi connectivity index (χ4v) is 3.47. The molecule has 0 amide bonds. The smallest absolute Gasteiger partial charge is 0.125 e. The van der Waals surface area contributed by atoms with Crippen LogP contribution >= 0.6 is 11.6 Å². The predicted molar refractivity (Wildman–Crippen MR) is 103 cm³/mol. The molecule has 0 aliphatic carbocycles. The van der Waals surface area contributed by atoms with Crippen molar-refractivity contribution in [2.24, 2.45) is 0 Å². The van der Waals surface area contributed by atoms with Gasteiger partial charge >= 0.3 is 0 Å². The minimum atomic E-state index is -0.180. The van der Waals surface area contributed by atoms with E-state index in [0.29, 0.717) is 6.42 Å². The van der Waals surface area contributed by atoms with E-state index in [1.54, 1.807) is 6.20 Å². The summed E-state index contributed by atoms with van der Waals surface area (Å²) in [6, 6.07) is 13.7. The summed E-state index contributed by atoms with van der Waals surface area (Å²) in [5, 5.41) is 0.720. The second kappa shape index (κ2) is 9.81. The summed E-state index contributed by atoms with van der Waals surface area (Å²) in [6.07, 6.45) is 6.41. The van der Waals surface area contributed by atoms with Crippen LogP contribution in [0.15, 0.2) is 48.7 Å². The number of pyridine rings is 1. The first-order chi connectivity index (χ1) is 12.8. The third kappa shape index (κ3) is 5.37. The molecule has 0 radical (unpaired) electrons. The molecule has 0 N–H and O–H groups in total. The Morgan fingerprint density at radius 3 is 2.62 bits per heavy atom. The summed E-state index contributed by atoms with van der Waals surface area (Å²) in [4.78, 5) is 17.4. The Kier molecular flexibility index (Phi) is 7.18. The van der Waals surface area contributed by atoms with Gasteiger partial charge in [-0.15, -0.1) is 0 Å². The number of hydrogen-bond acceptors (Lipinski definition) is 4. The van der Waals surface area contributed by atoms with Gasteiger partial charge < -0.3 is 14.4 Å². The number of rotatable bonds is 8. The Bertz CT molecular complexity index is 670. The second-order valence-corrected chi connectivity index (χ2v) is 7.11. The van der Waals surface area contributed by atoms with Gasteiger partial charge in [-0.3, -0.25) is 4.98 Å². The lowest BCUT2D eigenvalue weighted by atomic mass is 10.0. The van der Waals surface area contributed by atoms with Gasteiger partial charge in [-0.05, 0) is 55.6 Å². The lowest BCUT2D eigenvalue weighted by molar-refractivity contribution is -0.108. The Hall–Kier alpha value is -1.75. The first-order valence-corrected chi connectivity index (χ1v) is 9.62. The van der Waals surface area contributed by atoms with Crippen LogP contribution in [0.25, 0.3) is 0 Å². The van der Waals surface area contributed by atoms with Crippen LogP contribution in [0, 0.1) is 0 Å². The average Bonchev–Trinajstić information content (AvgIpc) is 2.69. The van der Waals surface area contributed by atoms with Crippen LogP contribution in [-0.2, 0) is 9.53 Å². The molecule has 1 saturated heterocycles. The molecule has 1 fully saturated rings. The van der Waals surface area contributed by atoms with E-state index in [4.69, 9.17) is 16.3 Å². The van der Waals surface area contributed by atoms with Crippen LogP contribution in [-0.4, -0.2) is 41.9 Å². The second-order valence-electron chi connectivity index (χ2n) is 6.67. The number of benzene rings is 1. The van der Waals surface area contributed by atoms with Crippen molar-refractivity contribution < 1.29 is 9.53 Å². The molecule has 3 rings (SSSR count). The van der Waals surface area contributed by atoms with E-state index in [1.165, 1.54) is 0 Å². The van der Waals surface area contributed by atoms with Crippen molar-refractivity contribution in [2.75, 3.05) is 19.6 Å². The number of likely N-dealkylation sites (tertiary alicyclic amines) is 1. The van der Waals surface area contributed by atoms with E-state index < -0.39 is 0 Å². The lowest BCUT2D eigenvalue weighted by Gasteiger charge is -2.34. The molecule has 2 aromatic rings. The molecule has 138 valence electrons. The molecular formula is C21H25ClN2O2. The minimum absolute atomic E-state index is 0.180. The molecule has 0 unspecified atom stereocenters. The van der Waals surface area contributed by atoms with Crippen LogP contribution in [0.1, 0.15) is 43.0 Å². The average molecular weight is 373 g/mol. The zero-order chi connectivity index (χ0) is 18.2. The van der Waals surface area contributed by atoms with Crippen LogP contribution in [0.5, 0.6) is 0 Å². The molecule has 1 aliphatic rings. The number of aromatic nitrogens is 1. The summed E-state index contributed by atoms with van der Waals surface area (Å²) in [7, 11) is 0. The molecule has 1 aromatic heterocycles. The third-order valence-corrected chi connectivity index (χ3v) is 5.04. The standard InChI is InChI=1S/C21H25ClN2O2/c22-18-8-6-17(7-9-18)21(20-5-1-2-12-23-20)26-19-10-14-24(15-11-19)13-3-4-16-25/h1-2,5-9,12,16,19,21H,3-4,10-11,13-15H2/t21-/m0/s1. The Labute approximate surface area is 160 Å². The molecule has 5 heteroatoms. The van der Waals surface area contributed by atoms with Crippen molar-refractivity contribution in [1.29, 1.82) is 0 Å². The van der Waals surface area contributed by atoms with Crippen LogP contribution in [0.4, 0.5) is 0 Å². The van der Waals surface area contributed by atoms with Crippen molar-refractivity contribution in [1.82, 2.24) is 9.88 Å². The molecule has 2 heterocycles. The highest BCUT2D eigenvalue weighted by Gasteiger charge is 2.25. The zero-order valence-corrected chi connectivity index (χ0v) is 15.6. The molecule has 1 aromatic carbocycles. The topological polar surface area (TPSA) is 42.4 Å². The number of aldehydes is 1. The SMILES string of the molecule is O=CCCCN1CCC(O[C@@H](c2ccc(Cl)cc2)c2ccccn2)CC1. The highest BCUT2D eigenvalue weighted by atomic mass is 35.5. The predicted octanol–water partition coefficient (Wildman–Crippen LogP) is 4.28. The fraction of sp³-hybridized carbons (Fsp3) is 0.429. The summed E-state index contributed by atoms with van der Waals surface area (Å²) in [5.74, 6) is 0. The molecule has 0 bridgehead atoms. The highest BCUT2D eigenvalue weighted by molar-refractivity contribution is 6.30. The number of carbonyl (C=O) groups excluding carboxylic acids is 1. The largest absolute Gasteiger partial charge is 0.364 e. The van der Waals surface area contributed by atoms with E-state index >= 15 is 0 Å². The van der Waals surface area contributed by atoms with E-state index in [9.17, 15) is 4.79 Å². The van der Waals surface area contributed by atoms with Crippen LogP contribution < -0.4 is 0 Å². The number of ether oxygens (including phenoxy) is 1. The van der Waals surface area contributed by atoms with Crippen molar-refractivity contribution in [3.63, 3.8) is 0 Å². The lowest BCUT2D eigenvalue weighted by Crippen LogP contribution is -2.38. The number of nitrogens with zero attached hydrogens (tertiary/aromatic N) is 2. The molecule has 0 saturated carbocycles. The number of unbranched alkanes of at least 4 members (excludes halogenated alkanes) is 1. The maximum atomic E-state index is 10.5. The van der Waals surface area contributed by atoms with Crippen molar-refractivity contribution in [2.45, 2.75) is 37.9 Å². The van der Waals surface area contributed by atoms with Gasteiger partial charge in [-0.25, -0.2) is 0 Å². The van der Waals surface area contributed by atoms with Crippen molar-refractivity contribution in [3.8, 4) is 0 Å². The van der Waals surface area contributed by atoms with Gasteiger partial charge in [0.25, 0.3) is 0 Å². The molecular weight excluding hydrogens is 348 g/mol. The number of halogens is 1. The van der Waals surface area contributed by atoms with E-state index in [0.717, 1.165) is 61.5 Å². The first-order valence-electron chi connectivity index (χ1n) is 9.24. The minimum Gasteiger partial charge on any atom is -0.364 e. The van der Waals surface area contributed by atoms with Gasteiger partial charge in [0.1, 0.15) is 12.4 Å².